The molecular formula is C17H24FN3O3S. The molecule has 1 fully saturated rings. The van der Waals surface area contributed by atoms with Crippen LogP contribution in [0.3, 0.4) is 0 Å². The van der Waals surface area contributed by atoms with E-state index in [-0.39, 0.29) is 11.8 Å². The molecule has 0 bridgehead atoms. The van der Waals surface area contributed by atoms with E-state index in [9.17, 15) is 14.0 Å². The molecule has 6 nitrogen and oxygen atoms in total. The number of thioether (sulfide) groups is 1. The van der Waals surface area contributed by atoms with Crippen molar-refractivity contribution < 1.29 is 18.7 Å². The number of methoxy groups -OCH3 is 1. The maximum atomic E-state index is 13.0. The largest absolute Gasteiger partial charge is 0.467 e. The molecule has 0 spiro atoms. The summed E-state index contributed by atoms with van der Waals surface area (Å²) in [5, 5.41) is 2.77. The molecule has 1 aliphatic heterocycles. The van der Waals surface area contributed by atoms with E-state index in [0.717, 1.165) is 11.4 Å². The van der Waals surface area contributed by atoms with E-state index in [1.54, 1.807) is 28.8 Å². The normalized spacial score (nSPS) is 15.6. The van der Waals surface area contributed by atoms with Gasteiger partial charge in [-0.25, -0.2) is 14.0 Å². The van der Waals surface area contributed by atoms with E-state index in [1.165, 1.54) is 19.2 Å². The van der Waals surface area contributed by atoms with Crippen LogP contribution in [0.2, 0.25) is 0 Å². The van der Waals surface area contributed by atoms with Crippen LogP contribution in [0.1, 0.15) is 6.42 Å². The Hall–Kier alpha value is -1.96. The maximum Gasteiger partial charge on any atom is 0.328 e. The van der Waals surface area contributed by atoms with E-state index >= 15 is 0 Å². The Balaban J connectivity index is 1.87. The van der Waals surface area contributed by atoms with Crippen molar-refractivity contribution >= 4 is 29.4 Å². The van der Waals surface area contributed by atoms with Gasteiger partial charge in [0.2, 0.25) is 0 Å². The highest BCUT2D eigenvalue weighted by atomic mass is 32.2. The van der Waals surface area contributed by atoms with Crippen molar-refractivity contribution in [1.82, 2.24) is 10.2 Å². The number of carbonyl (C=O) groups is 2. The van der Waals surface area contributed by atoms with Gasteiger partial charge in [0.1, 0.15) is 11.9 Å². The quantitative estimate of drug-likeness (QED) is 0.777. The van der Waals surface area contributed by atoms with Crippen molar-refractivity contribution in [2.45, 2.75) is 12.5 Å². The zero-order valence-corrected chi connectivity index (χ0v) is 15.4. The van der Waals surface area contributed by atoms with Crippen molar-refractivity contribution in [2.24, 2.45) is 0 Å². The molecule has 1 unspecified atom stereocenters. The third-order valence-electron chi connectivity index (χ3n) is 4.15. The highest BCUT2D eigenvalue weighted by Gasteiger charge is 2.26. The topological polar surface area (TPSA) is 61.9 Å². The number of ether oxygens (including phenoxy) is 1. The summed E-state index contributed by atoms with van der Waals surface area (Å²) in [6, 6.07) is 5.46. The summed E-state index contributed by atoms with van der Waals surface area (Å²) in [6.45, 7) is 2.40. The van der Waals surface area contributed by atoms with Crippen LogP contribution in [0.4, 0.5) is 14.9 Å². The fourth-order valence-electron chi connectivity index (χ4n) is 2.69. The van der Waals surface area contributed by atoms with Crippen molar-refractivity contribution in [3.63, 3.8) is 0 Å². The number of hydrogen-bond acceptors (Lipinski definition) is 5. The summed E-state index contributed by atoms with van der Waals surface area (Å²) in [5.41, 5.74) is 0.939. The molecule has 0 aliphatic carbocycles. The predicted molar refractivity (Wildman–Crippen MR) is 97.5 cm³/mol. The van der Waals surface area contributed by atoms with Crippen molar-refractivity contribution in [3.05, 3.63) is 30.1 Å². The van der Waals surface area contributed by atoms with Crippen LogP contribution in [-0.2, 0) is 9.53 Å². The lowest BCUT2D eigenvalue weighted by Gasteiger charge is -2.36. The van der Waals surface area contributed by atoms with Crippen LogP contribution >= 0.6 is 11.8 Å². The van der Waals surface area contributed by atoms with Gasteiger partial charge < -0.3 is 19.9 Å². The van der Waals surface area contributed by atoms with Crippen molar-refractivity contribution in [1.29, 1.82) is 0 Å². The SMILES string of the molecule is COC(=O)C(CCSC)NC(=O)N1CCN(c2ccc(F)cc2)CC1. The minimum Gasteiger partial charge on any atom is -0.467 e. The van der Waals surface area contributed by atoms with Gasteiger partial charge in [-0.15, -0.1) is 0 Å². The van der Waals surface area contributed by atoms with Gasteiger partial charge in [0.05, 0.1) is 7.11 Å². The van der Waals surface area contributed by atoms with Gasteiger partial charge in [-0.1, -0.05) is 0 Å². The van der Waals surface area contributed by atoms with Crippen LogP contribution in [0.15, 0.2) is 24.3 Å². The molecule has 25 heavy (non-hydrogen) atoms. The third kappa shape index (κ3) is 5.52. The number of piperazine rings is 1. The smallest absolute Gasteiger partial charge is 0.328 e. The monoisotopic (exact) mass is 369 g/mol. The van der Waals surface area contributed by atoms with Crippen molar-refractivity contribution in [2.75, 3.05) is 50.2 Å². The highest BCUT2D eigenvalue weighted by Crippen LogP contribution is 2.17. The van der Waals surface area contributed by atoms with Crippen LogP contribution in [0, 0.1) is 5.82 Å². The minimum atomic E-state index is -0.625. The molecular weight excluding hydrogens is 345 g/mol. The number of nitrogens with zero attached hydrogens (tertiary/aromatic N) is 2. The molecule has 2 amide bonds. The van der Waals surface area contributed by atoms with Crippen LogP contribution in [-0.4, -0.2) is 68.2 Å². The zero-order valence-electron chi connectivity index (χ0n) is 14.5. The van der Waals surface area contributed by atoms with Gasteiger partial charge in [-0.3, -0.25) is 0 Å². The fourth-order valence-corrected chi connectivity index (χ4v) is 3.16. The van der Waals surface area contributed by atoms with E-state index in [2.05, 4.69) is 10.2 Å². The summed E-state index contributed by atoms with van der Waals surface area (Å²) in [4.78, 5) is 28.0. The number of carbonyl (C=O) groups excluding carboxylic acids is 2. The minimum absolute atomic E-state index is 0.254. The molecule has 1 saturated heterocycles. The van der Waals surface area contributed by atoms with E-state index in [1.807, 2.05) is 6.26 Å². The second-order valence-electron chi connectivity index (χ2n) is 5.76. The summed E-state index contributed by atoms with van der Waals surface area (Å²) < 4.78 is 17.8. The lowest BCUT2D eigenvalue weighted by atomic mass is 10.2. The molecule has 1 N–H and O–H groups in total. The Kier molecular flexibility index (Phi) is 7.36. The molecule has 138 valence electrons. The van der Waals surface area contributed by atoms with Gasteiger partial charge in [0.25, 0.3) is 0 Å². The number of nitrogens with one attached hydrogen (secondary N) is 1. The first-order chi connectivity index (χ1) is 12.0. The number of halogens is 1. The Morgan fingerprint density at radius 1 is 1.24 bits per heavy atom. The number of benzene rings is 1. The average molecular weight is 369 g/mol. The van der Waals surface area contributed by atoms with Crippen molar-refractivity contribution in [3.8, 4) is 0 Å². The Bertz CT molecular complexity index is 577. The molecule has 1 aromatic carbocycles. The molecule has 0 radical (unpaired) electrons. The van der Waals surface area contributed by atoms with Crippen LogP contribution in [0.5, 0.6) is 0 Å². The van der Waals surface area contributed by atoms with Gasteiger partial charge in [-0.05, 0) is 42.7 Å². The first-order valence-electron chi connectivity index (χ1n) is 8.18. The number of esters is 1. The fraction of sp³-hybridized carbons (Fsp3) is 0.529. The maximum absolute atomic E-state index is 13.0. The number of amides is 2. The molecule has 1 atom stereocenters. The third-order valence-corrected chi connectivity index (χ3v) is 4.80. The number of hydrogen-bond donors (Lipinski definition) is 1. The summed E-state index contributed by atoms with van der Waals surface area (Å²) >= 11 is 1.61. The van der Waals surface area contributed by atoms with Gasteiger partial charge in [0.15, 0.2) is 0 Å². The number of anilines is 1. The number of urea groups is 1. The van der Waals surface area contributed by atoms with Gasteiger partial charge in [-0.2, -0.15) is 11.8 Å². The highest BCUT2D eigenvalue weighted by molar-refractivity contribution is 7.98. The summed E-state index contributed by atoms with van der Waals surface area (Å²) in [6.07, 6.45) is 2.49. The van der Waals surface area contributed by atoms with Gasteiger partial charge in [0, 0.05) is 31.9 Å². The Morgan fingerprint density at radius 2 is 1.88 bits per heavy atom. The first-order valence-corrected chi connectivity index (χ1v) is 9.57. The van der Waals surface area contributed by atoms with E-state index in [0.29, 0.717) is 32.6 Å². The Labute approximate surface area is 151 Å². The van der Waals surface area contributed by atoms with E-state index < -0.39 is 12.0 Å². The standard InChI is InChI=1S/C17H24FN3O3S/c1-24-16(22)15(7-12-25-2)19-17(23)21-10-8-20(9-11-21)14-5-3-13(18)4-6-14/h3-6,15H,7-12H2,1-2H3,(H,19,23). The van der Waals surface area contributed by atoms with Crippen LogP contribution < -0.4 is 10.2 Å². The molecule has 0 saturated carbocycles. The van der Waals surface area contributed by atoms with E-state index in [4.69, 9.17) is 4.74 Å². The summed E-state index contributed by atoms with van der Waals surface area (Å²) in [7, 11) is 1.32. The summed E-state index contributed by atoms with van der Waals surface area (Å²) in [5.74, 6) is 0.0754. The second-order valence-corrected chi connectivity index (χ2v) is 6.74. The van der Waals surface area contributed by atoms with Crippen LogP contribution in [0.25, 0.3) is 0 Å². The lowest BCUT2D eigenvalue weighted by molar-refractivity contribution is -0.142. The molecule has 2 rings (SSSR count). The number of rotatable bonds is 6. The molecule has 8 heteroatoms. The second kappa shape index (κ2) is 9.50. The first kappa shape index (κ1) is 19.4. The average Bonchev–Trinajstić information content (AvgIpc) is 2.65. The molecule has 1 aromatic rings. The molecule has 0 aromatic heterocycles. The Morgan fingerprint density at radius 3 is 2.44 bits per heavy atom. The molecule has 1 heterocycles. The molecule has 1 aliphatic rings. The lowest BCUT2D eigenvalue weighted by Crippen LogP contribution is -2.55. The zero-order chi connectivity index (χ0) is 18.2. The van der Waals surface area contributed by atoms with Gasteiger partial charge >= 0.3 is 12.0 Å². The predicted octanol–water partition coefficient (Wildman–Crippen LogP) is 1.95.